The van der Waals surface area contributed by atoms with Crippen LogP contribution in [0.3, 0.4) is 0 Å². The van der Waals surface area contributed by atoms with Crippen LogP contribution in [0.2, 0.25) is 0 Å². The molecule has 1 aromatic heterocycles. The Hall–Kier alpha value is -4.93. The van der Waals surface area contributed by atoms with Crippen LogP contribution in [-0.4, -0.2) is 54.6 Å². The van der Waals surface area contributed by atoms with Crippen LogP contribution >= 0.6 is 0 Å². The van der Waals surface area contributed by atoms with Crippen molar-refractivity contribution >= 4 is 23.3 Å². The first-order valence-electron chi connectivity index (χ1n) is 27.4. The second kappa shape index (κ2) is 35.2. The first kappa shape index (κ1) is 56.7. The number of hydrogen-bond donors (Lipinski definition) is 2. The van der Waals surface area contributed by atoms with Crippen molar-refractivity contribution in [3.63, 3.8) is 0 Å². The van der Waals surface area contributed by atoms with Crippen LogP contribution in [0, 0.1) is 6.92 Å². The van der Waals surface area contributed by atoms with Gasteiger partial charge in [-0.25, -0.2) is 0 Å². The summed E-state index contributed by atoms with van der Waals surface area (Å²) in [5.74, 6) is 5.17. The minimum absolute atomic E-state index is 0.367. The van der Waals surface area contributed by atoms with E-state index in [1.54, 1.807) is 0 Å². The van der Waals surface area contributed by atoms with Crippen molar-refractivity contribution < 1.29 is 28.4 Å². The molecule has 3 aromatic carbocycles. The number of benzene rings is 3. The number of aryl methyl sites for hydroxylation is 1. The van der Waals surface area contributed by atoms with E-state index in [9.17, 15) is 0 Å². The molecule has 0 aliphatic carbocycles. The second-order valence-electron chi connectivity index (χ2n) is 18.5. The molecule has 0 unspecified atom stereocenters. The number of anilines is 4. The predicted octanol–water partition coefficient (Wildman–Crippen LogP) is 17.1. The molecule has 1 heterocycles. The van der Waals surface area contributed by atoms with Crippen LogP contribution in [0.4, 0.5) is 23.3 Å². The zero-order valence-electron chi connectivity index (χ0n) is 44.1. The Kier molecular flexibility index (Phi) is 28.9. The summed E-state index contributed by atoms with van der Waals surface area (Å²) in [6.07, 6.45) is 26.5. The van der Waals surface area contributed by atoms with E-state index in [0.29, 0.717) is 91.9 Å². The first-order chi connectivity index (χ1) is 33.9. The van der Waals surface area contributed by atoms with Crippen LogP contribution in [0.15, 0.2) is 48.5 Å². The van der Waals surface area contributed by atoms with E-state index < -0.39 is 0 Å². The summed E-state index contributed by atoms with van der Waals surface area (Å²) in [6.45, 7) is 19.0. The maximum absolute atomic E-state index is 6.56. The van der Waals surface area contributed by atoms with Crippen molar-refractivity contribution in [2.45, 2.75) is 203 Å². The maximum atomic E-state index is 6.56. The summed E-state index contributed by atoms with van der Waals surface area (Å²) in [7, 11) is 0. The lowest BCUT2D eigenvalue weighted by atomic mass is 10.1. The highest BCUT2D eigenvalue weighted by Crippen LogP contribution is 2.44. The summed E-state index contributed by atoms with van der Waals surface area (Å²) >= 11 is 0. The monoisotopic (exact) mass is 954 g/mol. The lowest BCUT2D eigenvalue weighted by Gasteiger charge is -2.20. The standard InChI is InChI=1S/C58H91N5O6/c1-8-14-20-26-36-64-50-42-48(43-51(65-37-27-21-15-9-2)54(50)68-40-30-24-18-12-5)59-57-61-56(47-34-32-46(7)33-35-47)62-58(63-57)60-49-44-52(66-38-28-22-16-10-3)55(69-41-31-25-19-13-6)53(45-49)67-39-29-23-17-11-4/h32-35,42-45H,8-31,36-41H2,1-7H3,(H2,59,60,61,62,63). The van der Waals surface area contributed by atoms with E-state index in [-0.39, 0.29) is 0 Å². The molecule has 384 valence electrons. The maximum Gasteiger partial charge on any atom is 0.232 e. The normalized spacial score (nSPS) is 11.1. The van der Waals surface area contributed by atoms with E-state index in [2.05, 4.69) is 71.2 Å². The second-order valence-corrected chi connectivity index (χ2v) is 18.5. The highest BCUT2D eigenvalue weighted by atomic mass is 16.5. The number of ether oxygens (including phenoxy) is 6. The Labute approximate surface area is 418 Å². The Morgan fingerprint density at radius 3 is 0.928 bits per heavy atom. The van der Waals surface area contributed by atoms with Gasteiger partial charge in [-0.1, -0.05) is 187 Å². The molecule has 0 radical (unpaired) electrons. The van der Waals surface area contributed by atoms with Crippen molar-refractivity contribution in [1.82, 2.24) is 15.0 Å². The number of unbranched alkanes of at least 4 members (excludes halogenated alkanes) is 18. The molecule has 0 aliphatic heterocycles. The van der Waals surface area contributed by atoms with Crippen molar-refractivity contribution in [1.29, 1.82) is 0 Å². The molecule has 0 spiro atoms. The molecule has 69 heavy (non-hydrogen) atoms. The third-order valence-corrected chi connectivity index (χ3v) is 12.0. The van der Waals surface area contributed by atoms with Crippen LogP contribution in [0.5, 0.6) is 34.5 Å². The summed E-state index contributed by atoms with van der Waals surface area (Å²) in [5, 5.41) is 7.07. The Morgan fingerprint density at radius 2 is 0.638 bits per heavy atom. The molecule has 0 atom stereocenters. The zero-order valence-corrected chi connectivity index (χ0v) is 44.1. The number of nitrogens with one attached hydrogen (secondary N) is 2. The summed E-state index contributed by atoms with van der Waals surface area (Å²) < 4.78 is 39.3. The fraction of sp³-hybridized carbons (Fsp3) is 0.638. The van der Waals surface area contributed by atoms with Gasteiger partial charge in [-0.3, -0.25) is 0 Å². The van der Waals surface area contributed by atoms with E-state index in [1.807, 2.05) is 36.4 Å². The number of hydrogen-bond acceptors (Lipinski definition) is 11. The Bertz CT molecular complexity index is 1780. The summed E-state index contributed by atoms with van der Waals surface area (Å²) in [4.78, 5) is 15.0. The molecule has 0 amide bonds. The molecule has 11 nitrogen and oxygen atoms in total. The predicted molar refractivity (Wildman–Crippen MR) is 287 cm³/mol. The van der Waals surface area contributed by atoms with Crippen LogP contribution < -0.4 is 39.1 Å². The van der Waals surface area contributed by atoms with Gasteiger partial charge in [-0.15, -0.1) is 0 Å². The van der Waals surface area contributed by atoms with Crippen molar-refractivity contribution in [3.8, 4) is 45.9 Å². The third kappa shape index (κ3) is 22.1. The minimum atomic E-state index is 0.367. The van der Waals surface area contributed by atoms with Gasteiger partial charge >= 0.3 is 0 Å². The van der Waals surface area contributed by atoms with Gasteiger partial charge < -0.3 is 39.1 Å². The summed E-state index contributed by atoms with van der Waals surface area (Å²) in [5.41, 5.74) is 3.47. The van der Waals surface area contributed by atoms with E-state index in [0.717, 1.165) is 125 Å². The van der Waals surface area contributed by atoms with E-state index in [4.69, 9.17) is 43.4 Å². The van der Waals surface area contributed by atoms with Crippen molar-refractivity contribution in [2.75, 3.05) is 50.3 Å². The van der Waals surface area contributed by atoms with Gasteiger partial charge in [0, 0.05) is 41.2 Å². The molecule has 0 saturated heterocycles. The number of rotatable bonds is 41. The molecule has 4 rings (SSSR count). The number of nitrogens with zero attached hydrogens (tertiary/aromatic N) is 3. The third-order valence-electron chi connectivity index (χ3n) is 12.0. The SMILES string of the molecule is CCCCCCOc1cc(Nc2nc(Nc3cc(OCCCCCC)c(OCCCCCC)c(OCCCCCC)c3)nc(-c3ccc(C)cc3)n2)cc(OCCCCCC)c1OCCCCCC. The van der Waals surface area contributed by atoms with Gasteiger partial charge in [0.25, 0.3) is 0 Å². The van der Waals surface area contributed by atoms with Gasteiger partial charge in [0.2, 0.25) is 23.4 Å². The zero-order chi connectivity index (χ0) is 49.2. The molecular formula is C58H91N5O6. The molecule has 0 bridgehead atoms. The smallest absolute Gasteiger partial charge is 0.232 e. The van der Waals surface area contributed by atoms with Crippen LogP contribution in [0.1, 0.15) is 201 Å². The lowest BCUT2D eigenvalue weighted by Crippen LogP contribution is -2.09. The molecular weight excluding hydrogens is 863 g/mol. The van der Waals surface area contributed by atoms with Crippen LogP contribution in [0.25, 0.3) is 11.4 Å². The van der Waals surface area contributed by atoms with Crippen molar-refractivity contribution in [3.05, 3.63) is 54.1 Å². The van der Waals surface area contributed by atoms with Crippen LogP contribution in [-0.2, 0) is 0 Å². The topological polar surface area (TPSA) is 118 Å². The largest absolute Gasteiger partial charge is 0.489 e. The van der Waals surface area contributed by atoms with Crippen molar-refractivity contribution in [2.24, 2.45) is 0 Å². The highest BCUT2D eigenvalue weighted by molar-refractivity contribution is 5.70. The quantitative estimate of drug-likeness (QED) is 0.0414. The Balaban J connectivity index is 1.78. The molecule has 0 saturated carbocycles. The van der Waals surface area contributed by atoms with Gasteiger partial charge in [0.15, 0.2) is 28.8 Å². The molecule has 0 aliphatic rings. The minimum Gasteiger partial charge on any atom is -0.489 e. The average Bonchev–Trinajstić information content (AvgIpc) is 3.34. The molecule has 11 heteroatoms. The van der Waals surface area contributed by atoms with E-state index >= 15 is 0 Å². The van der Waals surface area contributed by atoms with Gasteiger partial charge in [-0.2, -0.15) is 15.0 Å². The summed E-state index contributed by atoms with van der Waals surface area (Å²) in [6, 6.07) is 16.2. The average molecular weight is 954 g/mol. The molecule has 0 fully saturated rings. The highest BCUT2D eigenvalue weighted by Gasteiger charge is 2.20. The van der Waals surface area contributed by atoms with Gasteiger partial charge in [0.05, 0.1) is 39.6 Å². The fourth-order valence-corrected chi connectivity index (χ4v) is 7.84. The Morgan fingerprint density at radius 1 is 0.348 bits per heavy atom. The number of aromatic nitrogens is 3. The first-order valence-corrected chi connectivity index (χ1v) is 27.4. The fourth-order valence-electron chi connectivity index (χ4n) is 7.84. The molecule has 2 N–H and O–H groups in total. The van der Waals surface area contributed by atoms with Gasteiger partial charge in [0.1, 0.15) is 0 Å². The van der Waals surface area contributed by atoms with E-state index in [1.165, 1.54) is 51.4 Å². The lowest BCUT2D eigenvalue weighted by molar-refractivity contribution is 0.235. The van der Waals surface area contributed by atoms with Gasteiger partial charge in [-0.05, 0) is 45.4 Å². The molecule has 4 aromatic rings.